The lowest BCUT2D eigenvalue weighted by atomic mass is 10.2. The van der Waals surface area contributed by atoms with Crippen LogP contribution in [0.25, 0.3) is 0 Å². The fraction of sp³-hybridized carbons (Fsp3) is 0.692. The van der Waals surface area contributed by atoms with Crippen LogP contribution in [0.3, 0.4) is 0 Å². The molecule has 2 atom stereocenters. The zero-order valence-corrected chi connectivity index (χ0v) is 12.2. The van der Waals surface area contributed by atoms with Crippen LogP contribution < -0.4 is 10.6 Å². The third-order valence-electron chi connectivity index (χ3n) is 3.35. The molecule has 4 nitrogen and oxygen atoms in total. The Kier molecular flexibility index (Phi) is 4.69. The van der Waals surface area contributed by atoms with Gasteiger partial charge in [0.1, 0.15) is 5.82 Å². The van der Waals surface area contributed by atoms with Crippen molar-refractivity contribution in [1.29, 1.82) is 0 Å². The SMILES string of the molecule is CCSC1CCCC1Nc1nc(NC)ncc1C. The monoisotopic (exact) mass is 266 g/mol. The number of nitrogens with one attached hydrogen (secondary N) is 2. The Morgan fingerprint density at radius 3 is 3.00 bits per heavy atom. The van der Waals surface area contributed by atoms with Crippen LogP contribution in [0.4, 0.5) is 11.8 Å². The molecule has 1 fully saturated rings. The number of hydrogen-bond acceptors (Lipinski definition) is 5. The molecule has 0 aromatic carbocycles. The van der Waals surface area contributed by atoms with Gasteiger partial charge in [-0.2, -0.15) is 16.7 Å². The molecule has 0 spiro atoms. The highest BCUT2D eigenvalue weighted by Crippen LogP contribution is 2.32. The highest BCUT2D eigenvalue weighted by Gasteiger charge is 2.27. The maximum atomic E-state index is 4.51. The van der Waals surface area contributed by atoms with E-state index in [1.54, 1.807) is 0 Å². The number of aryl methyl sites for hydroxylation is 1. The molecule has 0 bridgehead atoms. The molecule has 100 valence electrons. The Morgan fingerprint density at radius 1 is 1.44 bits per heavy atom. The standard InChI is InChI=1S/C13H22N4S/c1-4-18-11-7-5-6-10(11)16-12-9(2)8-15-13(14-3)17-12/h8,10-11H,4-7H2,1-3H3,(H2,14,15,16,17). The molecule has 1 aliphatic carbocycles. The molecule has 18 heavy (non-hydrogen) atoms. The third-order valence-corrected chi connectivity index (χ3v) is 4.68. The van der Waals surface area contributed by atoms with Crippen LogP contribution in [-0.4, -0.2) is 34.1 Å². The molecule has 0 saturated heterocycles. The minimum atomic E-state index is 0.549. The van der Waals surface area contributed by atoms with Crippen molar-refractivity contribution in [2.45, 2.75) is 44.4 Å². The van der Waals surface area contributed by atoms with Gasteiger partial charge in [0, 0.05) is 30.1 Å². The summed E-state index contributed by atoms with van der Waals surface area (Å²) in [6.45, 7) is 4.29. The molecule has 1 aromatic rings. The molecule has 1 saturated carbocycles. The van der Waals surface area contributed by atoms with Crippen molar-refractivity contribution in [1.82, 2.24) is 9.97 Å². The lowest BCUT2D eigenvalue weighted by Crippen LogP contribution is -2.27. The van der Waals surface area contributed by atoms with Gasteiger partial charge in [0.05, 0.1) is 0 Å². The van der Waals surface area contributed by atoms with Gasteiger partial charge in [-0.25, -0.2) is 4.98 Å². The zero-order chi connectivity index (χ0) is 13.0. The maximum absolute atomic E-state index is 4.51. The van der Waals surface area contributed by atoms with Gasteiger partial charge < -0.3 is 10.6 Å². The second-order valence-electron chi connectivity index (χ2n) is 4.65. The second-order valence-corrected chi connectivity index (χ2v) is 6.17. The first-order chi connectivity index (χ1) is 8.74. The number of rotatable bonds is 5. The lowest BCUT2D eigenvalue weighted by Gasteiger charge is -2.21. The smallest absolute Gasteiger partial charge is 0.224 e. The normalized spacial score (nSPS) is 23.1. The lowest BCUT2D eigenvalue weighted by molar-refractivity contribution is 0.760. The van der Waals surface area contributed by atoms with Crippen LogP contribution in [0, 0.1) is 6.92 Å². The van der Waals surface area contributed by atoms with E-state index >= 15 is 0 Å². The van der Waals surface area contributed by atoms with E-state index in [1.165, 1.54) is 25.0 Å². The fourth-order valence-electron chi connectivity index (χ4n) is 2.39. The number of thioether (sulfide) groups is 1. The van der Waals surface area contributed by atoms with Crippen molar-refractivity contribution in [2.75, 3.05) is 23.4 Å². The van der Waals surface area contributed by atoms with Crippen molar-refractivity contribution in [3.05, 3.63) is 11.8 Å². The summed E-state index contributed by atoms with van der Waals surface area (Å²) < 4.78 is 0. The molecule has 1 aliphatic rings. The van der Waals surface area contributed by atoms with Gasteiger partial charge in [0.15, 0.2) is 0 Å². The summed E-state index contributed by atoms with van der Waals surface area (Å²) in [7, 11) is 1.85. The molecule has 2 rings (SSSR count). The molecule has 2 unspecified atom stereocenters. The van der Waals surface area contributed by atoms with Gasteiger partial charge in [0.25, 0.3) is 0 Å². The largest absolute Gasteiger partial charge is 0.366 e. The summed E-state index contributed by atoms with van der Waals surface area (Å²) in [6.07, 6.45) is 5.76. The molecule has 0 aliphatic heterocycles. The number of aromatic nitrogens is 2. The van der Waals surface area contributed by atoms with E-state index in [2.05, 4.69) is 46.2 Å². The molecule has 5 heteroatoms. The highest BCUT2D eigenvalue weighted by atomic mass is 32.2. The summed E-state index contributed by atoms with van der Waals surface area (Å²) >= 11 is 2.06. The molecule has 0 radical (unpaired) electrons. The summed E-state index contributed by atoms with van der Waals surface area (Å²) in [6, 6.07) is 0.549. The first-order valence-electron chi connectivity index (χ1n) is 6.64. The number of anilines is 2. The van der Waals surface area contributed by atoms with E-state index < -0.39 is 0 Å². The Morgan fingerprint density at radius 2 is 2.28 bits per heavy atom. The predicted octanol–water partition coefficient (Wildman–Crippen LogP) is 2.91. The van der Waals surface area contributed by atoms with Crippen molar-refractivity contribution in [2.24, 2.45) is 0 Å². The van der Waals surface area contributed by atoms with Crippen molar-refractivity contribution >= 4 is 23.5 Å². The summed E-state index contributed by atoms with van der Waals surface area (Å²) in [5.74, 6) is 2.84. The summed E-state index contributed by atoms with van der Waals surface area (Å²) in [5, 5.41) is 7.32. The molecule has 0 amide bonds. The first-order valence-corrected chi connectivity index (χ1v) is 7.69. The Hall–Kier alpha value is -0.970. The van der Waals surface area contributed by atoms with E-state index in [0.29, 0.717) is 12.0 Å². The van der Waals surface area contributed by atoms with Crippen LogP contribution in [0.2, 0.25) is 0 Å². The minimum absolute atomic E-state index is 0.549. The number of nitrogens with zero attached hydrogens (tertiary/aromatic N) is 2. The highest BCUT2D eigenvalue weighted by molar-refractivity contribution is 7.99. The van der Waals surface area contributed by atoms with Crippen LogP contribution >= 0.6 is 11.8 Å². The van der Waals surface area contributed by atoms with E-state index in [9.17, 15) is 0 Å². The average molecular weight is 266 g/mol. The Balaban J connectivity index is 2.08. The Bertz CT molecular complexity index is 397. The minimum Gasteiger partial charge on any atom is -0.366 e. The van der Waals surface area contributed by atoms with Gasteiger partial charge >= 0.3 is 0 Å². The Labute approximate surface area is 113 Å². The zero-order valence-electron chi connectivity index (χ0n) is 11.4. The third kappa shape index (κ3) is 3.07. The van der Waals surface area contributed by atoms with Crippen molar-refractivity contribution in [3.8, 4) is 0 Å². The molecular formula is C13H22N4S. The van der Waals surface area contributed by atoms with Gasteiger partial charge in [-0.15, -0.1) is 0 Å². The molecule has 1 heterocycles. The van der Waals surface area contributed by atoms with E-state index in [-0.39, 0.29) is 0 Å². The van der Waals surface area contributed by atoms with E-state index in [4.69, 9.17) is 0 Å². The average Bonchev–Trinajstić information content (AvgIpc) is 2.80. The molecular weight excluding hydrogens is 244 g/mol. The van der Waals surface area contributed by atoms with Crippen LogP contribution in [-0.2, 0) is 0 Å². The maximum Gasteiger partial charge on any atom is 0.224 e. The van der Waals surface area contributed by atoms with Crippen molar-refractivity contribution < 1.29 is 0 Å². The van der Waals surface area contributed by atoms with Gasteiger partial charge in [-0.3, -0.25) is 0 Å². The fourth-order valence-corrected chi connectivity index (χ4v) is 3.59. The van der Waals surface area contributed by atoms with E-state index in [0.717, 1.165) is 16.6 Å². The van der Waals surface area contributed by atoms with Gasteiger partial charge in [-0.1, -0.05) is 13.3 Å². The number of hydrogen-bond donors (Lipinski definition) is 2. The van der Waals surface area contributed by atoms with Gasteiger partial charge in [-0.05, 0) is 25.5 Å². The van der Waals surface area contributed by atoms with Crippen LogP contribution in [0.15, 0.2) is 6.20 Å². The second kappa shape index (κ2) is 6.27. The molecule has 1 aromatic heterocycles. The quantitative estimate of drug-likeness (QED) is 0.858. The van der Waals surface area contributed by atoms with Crippen molar-refractivity contribution in [3.63, 3.8) is 0 Å². The summed E-state index contributed by atoms with van der Waals surface area (Å²) in [5.41, 5.74) is 1.11. The van der Waals surface area contributed by atoms with Gasteiger partial charge in [0.2, 0.25) is 5.95 Å². The topological polar surface area (TPSA) is 49.8 Å². The van der Waals surface area contributed by atoms with E-state index in [1.807, 2.05) is 13.2 Å². The summed E-state index contributed by atoms with van der Waals surface area (Å²) in [4.78, 5) is 8.73. The van der Waals surface area contributed by atoms with Crippen LogP contribution in [0.5, 0.6) is 0 Å². The predicted molar refractivity (Wildman–Crippen MR) is 79.5 cm³/mol. The molecule has 2 N–H and O–H groups in total. The first kappa shape index (κ1) is 13.5. The van der Waals surface area contributed by atoms with Crippen LogP contribution in [0.1, 0.15) is 31.7 Å².